The molecule has 1 aromatic carbocycles. The second-order valence-corrected chi connectivity index (χ2v) is 9.12. The Hall–Kier alpha value is -3.10. The molecule has 6 nitrogen and oxygen atoms in total. The summed E-state index contributed by atoms with van der Waals surface area (Å²) in [4.78, 5) is 17.9. The second-order valence-electron chi connectivity index (χ2n) is 7.77. The molecule has 1 saturated heterocycles. The van der Waals surface area contributed by atoms with Crippen molar-refractivity contribution in [1.82, 2.24) is 15.2 Å². The second kappa shape index (κ2) is 11.1. The summed E-state index contributed by atoms with van der Waals surface area (Å²) >= 11 is 6.29. The van der Waals surface area contributed by atoms with E-state index < -0.39 is 11.9 Å². The van der Waals surface area contributed by atoms with Crippen LogP contribution >= 0.6 is 24.0 Å². The van der Waals surface area contributed by atoms with Crippen LogP contribution in [-0.2, 0) is 16.7 Å². The van der Waals surface area contributed by atoms with Crippen LogP contribution in [0.3, 0.4) is 0 Å². The van der Waals surface area contributed by atoms with E-state index in [0.717, 1.165) is 30.7 Å². The number of carbonyl (C=O) groups excluding carboxylic acids is 1. The Labute approximate surface area is 211 Å². The first-order chi connectivity index (χ1) is 16.6. The fraction of sp³-hybridized carbons (Fsp3) is 0.333. The Kier molecular flexibility index (Phi) is 8.40. The number of pyridine rings is 1. The third kappa shape index (κ3) is 6.13. The summed E-state index contributed by atoms with van der Waals surface area (Å²) in [6.07, 6.45) is -1.19. The third-order valence-electron chi connectivity index (χ3n) is 5.26. The number of nitrogens with zero attached hydrogens (tertiary/aromatic N) is 3. The topological polar surface area (TPSA) is 78.2 Å². The van der Waals surface area contributed by atoms with Gasteiger partial charge in [0.05, 0.1) is 12.7 Å². The standard InChI is InChI=1S/C24H23F3N4O2S2/c1-4-5-8-31-22(32)18(29-23(31)34)11-15-6-7-19(33-3)16(10-15)13-35-21-17(12-28)14(2)9-20(30-21)24(25,26)27/h6-7,9-11H,4-5,8,13H2,1-3H3,(H,29,34)/b18-11+. The fourth-order valence-electron chi connectivity index (χ4n) is 3.43. The van der Waals surface area contributed by atoms with E-state index in [0.29, 0.717) is 34.2 Å². The number of nitriles is 1. The molecule has 1 amide bonds. The number of hydrogen-bond acceptors (Lipinski definition) is 6. The van der Waals surface area contributed by atoms with Crippen molar-refractivity contribution < 1.29 is 22.7 Å². The molecule has 0 aliphatic carbocycles. The normalized spacial score (nSPS) is 14.9. The van der Waals surface area contributed by atoms with Gasteiger partial charge in [-0.2, -0.15) is 18.4 Å². The number of benzene rings is 1. The highest BCUT2D eigenvalue weighted by Gasteiger charge is 2.34. The van der Waals surface area contributed by atoms with Gasteiger partial charge in [-0.3, -0.25) is 9.69 Å². The van der Waals surface area contributed by atoms with E-state index in [9.17, 15) is 23.2 Å². The number of aryl methyl sites for hydroxylation is 1. The molecule has 35 heavy (non-hydrogen) atoms. The third-order valence-corrected chi connectivity index (χ3v) is 6.61. The summed E-state index contributed by atoms with van der Waals surface area (Å²) in [5.74, 6) is 0.510. The number of alkyl halides is 3. The molecule has 0 spiro atoms. The van der Waals surface area contributed by atoms with E-state index in [-0.39, 0.29) is 27.8 Å². The summed E-state index contributed by atoms with van der Waals surface area (Å²) < 4.78 is 45.1. The Morgan fingerprint density at radius 3 is 2.71 bits per heavy atom. The maximum atomic E-state index is 13.2. The number of carbonyl (C=O) groups is 1. The number of ether oxygens (including phenoxy) is 1. The highest BCUT2D eigenvalue weighted by atomic mass is 32.2. The number of rotatable bonds is 8. The monoisotopic (exact) mass is 520 g/mol. The van der Waals surface area contributed by atoms with Crippen molar-refractivity contribution in [1.29, 1.82) is 5.26 Å². The van der Waals surface area contributed by atoms with Crippen LogP contribution in [0.1, 0.15) is 47.7 Å². The number of thioether (sulfide) groups is 1. The Bertz CT molecular complexity index is 1220. The van der Waals surface area contributed by atoms with Crippen LogP contribution in [0, 0.1) is 18.3 Å². The summed E-state index contributed by atoms with van der Waals surface area (Å²) in [6.45, 7) is 4.01. The molecule has 2 aromatic rings. The molecule has 0 bridgehead atoms. The Morgan fingerprint density at radius 1 is 1.34 bits per heavy atom. The van der Waals surface area contributed by atoms with Crippen LogP contribution in [0.5, 0.6) is 5.75 Å². The number of hydrogen-bond donors (Lipinski definition) is 1. The predicted octanol–water partition coefficient (Wildman–Crippen LogP) is 5.44. The number of methoxy groups -OCH3 is 1. The largest absolute Gasteiger partial charge is 0.496 e. The zero-order valence-corrected chi connectivity index (χ0v) is 21.0. The molecule has 0 saturated carbocycles. The average molecular weight is 521 g/mol. The van der Waals surface area contributed by atoms with Crippen molar-refractivity contribution in [2.75, 3.05) is 13.7 Å². The predicted molar refractivity (Wildman–Crippen MR) is 132 cm³/mol. The Balaban J connectivity index is 1.88. The van der Waals surface area contributed by atoms with Gasteiger partial charge in [0.2, 0.25) is 0 Å². The maximum absolute atomic E-state index is 13.2. The van der Waals surface area contributed by atoms with Crippen LogP contribution in [0.15, 0.2) is 35.0 Å². The van der Waals surface area contributed by atoms with Gasteiger partial charge >= 0.3 is 6.18 Å². The number of halogens is 3. The van der Waals surface area contributed by atoms with Gasteiger partial charge in [-0.05, 0) is 61.0 Å². The molecule has 0 radical (unpaired) electrons. The molecule has 1 aromatic heterocycles. The number of nitrogens with one attached hydrogen (secondary N) is 1. The average Bonchev–Trinajstić information content (AvgIpc) is 3.07. The highest BCUT2D eigenvalue weighted by molar-refractivity contribution is 7.98. The van der Waals surface area contributed by atoms with E-state index in [4.69, 9.17) is 17.0 Å². The molecule has 3 rings (SSSR count). The lowest BCUT2D eigenvalue weighted by molar-refractivity contribution is -0.141. The van der Waals surface area contributed by atoms with Crippen molar-refractivity contribution in [2.45, 2.75) is 43.6 Å². The first kappa shape index (κ1) is 26.5. The van der Waals surface area contributed by atoms with Crippen LogP contribution in [-0.4, -0.2) is 34.6 Å². The lowest BCUT2D eigenvalue weighted by Crippen LogP contribution is -2.31. The zero-order chi connectivity index (χ0) is 25.8. The van der Waals surface area contributed by atoms with Gasteiger partial charge in [-0.15, -0.1) is 11.8 Å². The number of aromatic nitrogens is 1. The van der Waals surface area contributed by atoms with Gasteiger partial charge in [0.1, 0.15) is 28.2 Å². The van der Waals surface area contributed by atoms with Gasteiger partial charge in [-0.1, -0.05) is 19.4 Å². The summed E-state index contributed by atoms with van der Waals surface area (Å²) in [5.41, 5.74) is 0.960. The molecule has 1 aliphatic rings. The fourth-order valence-corrected chi connectivity index (χ4v) is 4.75. The molecule has 0 atom stereocenters. The quantitative estimate of drug-likeness (QED) is 0.282. The van der Waals surface area contributed by atoms with Gasteiger partial charge in [-0.25, -0.2) is 4.98 Å². The van der Waals surface area contributed by atoms with E-state index in [2.05, 4.69) is 10.3 Å². The number of thiocarbonyl (C=S) groups is 1. The van der Waals surface area contributed by atoms with Crippen molar-refractivity contribution in [3.8, 4) is 11.8 Å². The van der Waals surface area contributed by atoms with E-state index >= 15 is 0 Å². The van der Waals surface area contributed by atoms with Gasteiger partial charge in [0, 0.05) is 17.9 Å². The molecule has 1 aliphatic heterocycles. The molecule has 0 unspecified atom stereocenters. The van der Waals surface area contributed by atoms with E-state index in [1.54, 1.807) is 24.3 Å². The minimum absolute atomic E-state index is 0.00446. The van der Waals surface area contributed by atoms with Gasteiger partial charge < -0.3 is 10.1 Å². The Morgan fingerprint density at radius 2 is 2.09 bits per heavy atom. The van der Waals surface area contributed by atoms with E-state index in [1.165, 1.54) is 18.9 Å². The molecule has 184 valence electrons. The zero-order valence-electron chi connectivity index (χ0n) is 19.3. The smallest absolute Gasteiger partial charge is 0.433 e. The SMILES string of the molecule is CCCCN1C(=O)/C(=C\c2ccc(OC)c(CSc3nc(C(F)(F)F)cc(C)c3C#N)c2)NC1=S. The minimum atomic E-state index is -4.62. The molecule has 1 N–H and O–H groups in total. The van der Waals surface area contributed by atoms with Crippen LogP contribution in [0.2, 0.25) is 0 Å². The van der Waals surface area contributed by atoms with Crippen molar-refractivity contribution in [3.63, 3.8) is 0 Å². The highest BCUT2D eigenvalue weighted by Crippen LogP contribution is 2.35. The summed E-state index contributed by atoms with van der Waals surface area (Å²) in [6, 6.07) is 8.06. The number of amides is 1. The molecule has 11 heteroatoms. The number of unbranched alkanes of at least 4 members (excludes halogenated alkanes) is 1. The summed E-state index contributed by atoms with van der Waals surface area (Å²) in [5, 5.41) is 12.7. The van der Waals surface area contributed by atoms with Crippen LogP contribution < -0.4 is 10.1 Å². The first-order valence-corrected chi connectivity index (χ1v) is 12.1. The minimum Gasteiger partial charge on any atom is -0.496 e. The van der Waals surface area contributed by atoms with Crippen molar-refractivity contribution >= 4 is 41.1 Å². The van der Waals surface area contributed by atoms with Gasteiger partial charge in [0.25, 0.3) is 5.91 Å². The first-order valence-electron chi connectivity index (χ1n) is 10.7. The molecule has 1 fully saturated rings. The van der Waals surface area contributed by atoms with Gasteiger partial charge in [0.15, 0.2) is 5.11 Å². The summed E-state index contributed by atoms with van der Waals surface area (Å²) in [7, 11) is 1.49. The molecular weight excluding hydrogens is 497 g/mol. The lowest BCUT2D eigenvalue weighted by Gasteiger charge is -2.13. The van der Waals surface area contributed by atoms with Crippen molar-refractivity contribution in [3.05, 3.63) is 57.9 Å². The molecular formula is C24H23F3N4O2S2. The van der Waals surface area contributed by atoms with E-state index in [1.807, 2.05) is 13.0 Å². The van der Waals surface area contributed by atoms with Crippen molar-refractivity contribution in [2.24, 2.45) is 0 Å². The molecule has 2 heterocycles. The lowest BCUT2D eigenvalue weighted by atomic mass is 10.1. The maximum Gasteiger partial charge on any atom is 0.433 e. The van der Waals surface area contributed by atoms with Crippen LogP contribution in [0.25, 0.3) is 6.08 Å². The van der Waals surface area contributed by atoms with Crippen LogP contribution in [0.4, 0.5) is 13.2 Å².